The molecular weight excluding hydrogens is 460 g/mol. The Kier molecular flexibility index (Phi) is 8.95. The second-order valence-electron chi connectivity index (χ2n) is 13.9. The monoisotopic (exact) mass is 512 g/mol. The molecule has 0 radical (unpaired) electrons. The van der Waals surface area contributed by atoms with Crippen molar-refractivity contribution >= 4 is 17.8 Å². The molecule has 0 amide bonds. The third-order valence-electron chi connectivity index (χ3n) is 7.25. The van der Waals surface area contributed by atoms with Gasteiger partial charge in [-0.05, 0) is 92.9 Å². The fourth-order valence-corrected chi connectivity index (χ4v) is 7.04. The summed E-state index contributed by atoms with van der Waals surface area (Å²) in [7, 11) is 0. The van der Waals surface area contributed by atoms with Crippen LogP contribution in [0, 0.1) is 11.8 Å². The van der Waals surface area contributed by atoms with Crippen LogP contribution in [0.5, 0.6) is 0 Å². The summed E-state index contributed by atoms with van der Waals surface area (Å²) >= 11 is 0. The summed E-state index contributed by atoms with van der Waals surface area (Å²) in [5, 5.41) is 14.7. The average molecular weight is 513 g/mol. The van der Waals surface area contributed by atoms with Crippen molar-refractivity contribution in [2.24, 2.45) is 11.8 Å². The van der Waals surface area contributed by atoms with Gasteiger partial charge in [0.2, 0.25) is 17.8 Å². The number of anilines is 3. The lowest BCUT2D eigenvalue weighted by Crippen LogP contribution is -2.58. The standard InChI is InChI=1S/C29H52N8/c1-11-13-37(14-12-2)25-33-23(30-19-21-15-26(3,4)35-27(5,6)16-21)32-24(34-25)31-20-22-17-28(7,8)36-29(9,10)18-22/h11-12,21-22,35-36H,1-2,13-20H2,3-10H3,(H2,30,31,32,33,34). The molecule has 2 aliphatic heterocycles. The number of hydrogen-bond donors (Lipinski definition) is 4. The van der Waals surface area contributed by atoms with Gasteiger partial charge in [0.25, 0.3) is 0 Å². The normalized spacial score (nSPS) is 22.7. The van der Waals surface area contributed by atoms with Crippen LogP contribution in [0.3, 0.4) is 0 Å². The molecule has 2 saturated heterocycles. The molecule has 0 spiro atoms. The van der Waals surface area contributed by atoms with Gasteiger partial charge < -0.3 is 26.2 Å². The lowest BCUT2D eigenvalue weighted by atomic mass is 9.76. The Morgan fingerprint density at radius 2 is 1.05 bits per heavy atom. The maximum Gasteiger partial charge on any atom is 0.232 e. The minimum atomic E-state index is 0.103. The van der Waals surface area contributed by atoms with E-state index in [2.05, 4.69) is 94.7 Å². The molecule has 0 saturated carbocycles. The quantitative estimate of drug-likeness (QED) is 0.309. The maximum atomic E-state index is 4.80. The summed E-state index contributed by atoms with van der Waals surface area (Å²) in [6.45, 7) is 29.1. The lowest BCUT2D eigenvalue weighted by molar-refractivity contribution is 0.134. The van der Waals surface area contributed by atoms with Gasteiger partial charge in [-0.1, -0.05) is 12.2 Å². The second kappa shape index (κ2) is 11.3. The SMILES string of the molecule is C=CCN(CC=C)c1nc(NCC2CC(C)(C)NC(C)(C)C2)nc(NCC2CC(C)(C)NC(C)(C)C2)n1. The van der Waals surface area contributed by atoms with Crippen LogP contribution < -0.4 is 26.2 Å². The molecule has 0 bridgehead atoms. The fraction of sp³-hybridized carbons (Fsp3) is 0.759. The number of nitrogens with zero attached hydrogens (tertiary/aromatic N) is 4. The zero-order chi connectivity index (χ0) is 27.5. The van der Waals surface area contributed by atoms with Crippen molar-refractivity contribution in [1.82, 2.24) is 25.6 Å². The molecule has 8 heteroatoms. The predicted octanol–water partition coefficient (Wildman–Crippen LogP) is 4.99. The highest BCUT2D eigenvalue weighted by Crippen LogP contribution is 2.34. The van der Waals surface area contributed by atoms with Gasteiger partial charge in [0.1, 0.15) is 0 Å². The zero-order valence-electron chi connectivity index (χ0n) is 24.7. The van der Waals surface area contributed by atoms with Crippen molar-refractivity contribution in [3.05, 3.63) is 25.3 Å². The van der Waals surface area contributed by atoms with E-state index in [1.165, 1.54) is 0 Å². The highest BCUT2D eigenvalue weighted by molar-refractivity contribution is 5.45. The van der Waals surface area contributed by atoms with Gasteiger partial charge in [-0.25, -0.2) is 0 Å². The van der Waals surface area contributed by atoms with Crippen LogP contribution in [0.2, 0.25) is 0 Å². The molecule has 0 aromatic carbocycles. The molecule has 208 valence electrons. The van der Waals surface area contributed by atoms with E-state index < -0.39 is 0 Å². The van der Waals surface area contributed by atoms with Gasteiger partial charge in [0, 0.05) is 48.3 Å². The highest BCUT2D eigenvalue weighted by atomic mass is 15.3. The lowest BCUT2D eigenvalue weighted by Gasteiger charge is -2.46. The van der Waals surface area contributed by atoms with E-state index >= 15 is 0 Å². The number of piperidine rings is 2. The molecule has 3 rings (SSSR count). The first kappa shape index (κ1) is 29.4. The molecule has 0 aliphatic carbocycles. The van der Waals surface area contributed by atoms with E-state index in [4.69, 9.17) is 15.0 Å². The van der Waals surface area contributed by atoms with Crippen LogP contribution in [-0.2, 0) is 0 Å². The van der Waals surface area contributed by atoms with Crippen LogP contribution in [-0.4, -0.2) is 63.3 Å². The van der Waals surface area contributed by atoms with Crippen molar-refractivity contribution < 1.29 is 0 Å². The Morgan fingerprint density at radius 3 is 1.38 bits per heavy atom. The molecule has 3 heterocycles. The van der Waals surface area contributed by atoms with E-state index in [0.29, 0.717) is 42.8 Å². The minimum absolute atomic E-state index is 0.103. The number of hydrogen-bond acceptors (Lipinski definition) is 8. The van der Waals surface area contributed by atoms with Crippen molar-refractivity contribution in [2.45, 2.75) is 103 Å². The summed E-state index contributed by atoms with van der Waals surface area (Å²) in [5.41, 5.74) is 0.413. The second-order valence-corrected chi connectivity index (χ2v) is 13.9. The van der Waals surface area contributed by atoms with E-state index in [-0.39, 0.29) is 22.2 Å². The first-order valence-electron chi connectivity index (χ1n) is 13.9. The summed E-state index contributed by atoms with van der Waals surface area (Å²) in [4.78, 5) is 16.5. The van der Waals surface area contributed by atoms with Crippen LogP contribution in [0.15, 0.2) is 25.3 Å². The summed E-state index contributed by atoms with van der Waals surface area (Å²) in [6.07, 6.45) is 8.15. The van der Waals surface area contributed by atoms with Crippen LogP contribution in [0.1, 0.15) is 81.1 Å². The van der Waals surface area contributed by atoms with Crippen molar-refractivity contribution in [3.8, 4) is 0 Å². The molecule has 37 heavy (non-hydrogen) atoms. The Bertz CT molecular complexity index is 834. The van der Waals surface area contributed by atoms with Gasteiger partial charge in [0.15, 0.2) is 0 Å². The smallest absolute Gasteiger partial charge is 0.232 e. The molecule has 8 nitrogen and oxygen atoms in total. The predicted molar refractivity (Wildman–Crippen MR) is 157 cm³/mol. The van der Waals surface area contributed by atoms with Gasteiger partial charge in [-0.15, -0.1) is 13.2 Å². The molecule has 0 unspecified atom stereocenters. The summed E-state index contributed by atoms with van der Waals surface area (Å²) < 4.78 is 0. The van der Waals surface area contributed by atoms with E-state index in [0.717, 1.165) is 38.8 Å². The molecule has 4 N–H and O–H groups in total. The molecule has 2 aliphatic rings. The van der Waals surface area contributed by atoms with E-state index in [9.17, 15) is 0 Å². The Balaban J connectivity index is 1.78. The van der Waals surface area contributed by atoms with Crippen LogP contribution in [0.25, 0.3) is 0 Å². The first-order valence-corrected chi connectivity index (χ1v) is 13.9. The minimum Gasteiger partial charge on any atom is -0.354 e. The topological polar surface area (TPSA) is 90.0 Å². The maximum absolute atomic E-state index is 4.80. The van der Waals surface area contributed by atoms with Gasteiger partial charge in [-0.2, -0.15) is 15.0 Å². The summed E-state index contributed by atoms with van der Waals surface area (Å²) in [5.74, 6) is 2.92. The van der Waals surface area contributed by atoms with Gasteiger partial charge >= 0.3 is 0 Å². The third-order valence-corrected chi connectivity index (χ3v) is 7.25. The molecule has 1 aromatic heterocycles. The van der Waals surface area contributed by atoms with E-state index in [1.807, 2.05) is 12.2 Å². The first-order chi connectivity index (χ1) is 17.1. The molecule has 0 atom stereocenters. The van der Waals surface area contributed by atoms with Gasteiger partial charge in [-0.3, -0.25) is 0 Å². The number of rotatable bonds is 11. The number of aromatic nitrogens is 3. The Morgan fingerprint density at radius 1 is 0.703 bits per heavy atom. The van der Waals surface area contributed by atoms with Crippen molar-refractivity contribution in [2.75, 3.05) is 41.7 Å². The van der Waals surface area contributed by atoms with E-state index in [1.54, 1.807) is 0 Å². The van der Waals surface area contributed by atoms with Crippen molar-refractivity contribution in [3.63, 3.8) is 0 Å². The molecule has 2 fully saturated rings. The third kappa shape index (κ3) is 8.95. The zero-order valence-corrected chi connectivity index (χ0v) is 24.7. The average Bonchev–Trinajstić information content (AvgIpc) is 2.72. The van der Waals surface area contributed by atoms with Crippen molar-refractivity contribution in [1.29, 1.82) is 0 Å². The number of nitrogens with one attached hydrogen (secondary N) is 4. The molecular formula is C29H52N8. The molecule has 1 aromatic rings. The fourth-order valence-electron chi connectivity index (χ4n) is 7.04. The Labute approximate surface area is 225 Å². The van der Waals surface area contributed by atoms with Crippen LogP contribution >= 0.6 is 0 Å². The van der Waals surface area contributed by atoms with Gasteiger partial charge in [0.05, 0.1) is 0 Å². The van der Waals surface area contributed by atoms with Crippen LogP contribution in [0.4, 0.5) is 17.8 Å². The Hall–Kier alpha value is -2.19. The summed E-state index contributed by atoms with van der Waals surface area (Å²) in [6, 6.07) is 0. The largest absolute Gasteiger partial charge is 0.354 e. The highest BCUT2D eigenvalue weighted by Gasteiger charge is 2.38.